The van der Waals surface area contributed by atoms with E-state index in [0.29, 0.717) is 31.1 Å². The lowest BCUT2D eigenvalue weighted by Gasteiger charge is -2.29. The predicted octanol–water partition coefficient (Wildman–Crippen LogP) is 1.91. The van der Waals surface area contributed by atoms with Gasteiger partial charge in [0.25, 0.3) is 5.91 Å². The molecule has 1 aliphatic heterocycles. The van der Waals surface area contributed by atoms with Gasteiger partial charge in [0.1, 0.15) is 13.6 Å². The lowest BCUT2D eigenvalue weighted by atomic mass is 9.94. The van der Waals surface area contributed by atoms with Gasteiger partial charge in [-0.3, -0.25) is 4.79 Å². The number of ether oxygens (including phenoxy) is 2. The smallest absolute Gasteiger partial charge is 0.337 e. The van der Waals surface area contributed by atoms with Crippen LogP contribution in [0.2, 0.25) is 0 Å². The number of nitrogens with one attached hydrogen (secondary N) is 1. The van der Waals surface area contributed by atoms with Gasteiger partial charge in [-0.05, 0) is 36.8 Å². The summed E-state index contributed by atoms with van der Waals surface area (Å²) in [7, 11) is 1.85. The van der Waals surface area contributed by atoms with Gasteiger partial charge in [-0.15, -0.1) is 0 Å². The summed E-state index contributed by atoms with van der Waals surface area (Å²) < 4.78 is 11.3. The normalized spacial score (nSPS) is 13.7. The summed E-state index contributed by atoms with van der Waals surface area (Å²) in [5.74, 6) is -1.00. The Labute approximate surface area is 177 Å². The largest absolute Gasteiger partial charge is 0.493 e. The highest BCUT2D eigenvalue weighted by atomic mass is 16.5. The van der Waals surface area contributed by atoms with Crippen molar-refractivity contribution in [3.05, 3.63) is 47.5 Å². The molecule has 1 fully saturated rings. The maximum atomic E-state index is 13.2. The molecule has 2 N–H and O–H groups in total. The van der Waals surface area contributed by atoms with Gasteiger partial charge < -0.3 is 24.8 Å². The van der Waals surface area contributed by atoms with Gasteiger partial charge in [0, 0.05) is 18.8 Å². The molecular formula is C22H27BN2O5. The summed E-state index contributed by atoms with van der Waals surface area (Å²) in [5, 5.41) is 12.2. The lowest BCUT2D eigenvalue weighted by Crippen LogP contribution is -2.36. The fourth-order valence-electron chi connectivity index (χ4n) is 3.30. The fourth-order valence-corrected chi connectivity index (χ4v) is 3.30. The van der Waals surface area contributed by atoms with Crippen molar-refractivity contribution >= 4 is 36.6 Å². The van der Waals surface area contributed by atoms with Crippen molar-refractivity contribution in [3.8, 4) is 5.75 Å². The zero-order chi connectivity index (χ0) is 21.5. The minimum atomic E-state index is -1.09. The maximum absolute atomic E-state index is 13.2. The number of unbranched alkanes of at least 4 members (excludes halogenated alkanes) is 1. The van der Waals surface area contributed by atoms with Crippen molar-refractivity contribution in [1.29, 1.82) is 0 Å². The first-order valence-electron chi connectivity index (χ1n) is 10.2. The number of rotatable bonds is 8. The molecular weight excluding hydrogens is 383 g/mol. The van der Waals surface area contributed by atoms with Gasteiger partial charge in [-0.25, -0.2) is 4.79 Å². The first kappa shape index (κ1) is 21.7. The third-order valence-corrected chi connectivity index (χ3v) is 4.99. The first-order valence-corrected chi connectivity index (χ1v) is 10.2. The highest BCUT2D eigenvalue weighted by Crippen LogP contribution is 2.27. The van der Waals surface area contributed by atoms with Gasteiger partial charge in [0.2, 0.25) is 0 Å². The standard InChI is InChI=1S/C22H27BN2O5/c1-2-3-10-30-20-7-5-16(25-8-11-29-12-9-25)14-18(20)21(26)24-19-13-15(23)4-6-17(19)22(27)28/h4-7,13-14H,2-3,8-12,23H2,1H3,(H,24,26)(H,27,28). The Bertz CT molecular complexity index is 912. The third kappa shape index (κ3) is 5.33. The van der Waals surface area contributed by atoms with Crippen molar-refractivity contribution in [3.63, 3.8) is 0 Å². The van der Waals surface area contributed by atoms with Gasteiger partial charge in [0.05, 0.1) is 36.6 Å². The van der Waals surface area contributed by atoms with E-state index in [9.17, 15) is 14.7 Å². The summed E-state index contributed by atoms with van der Waals surface area (Å²) >= 11 is 0. The van der Waals surface area contributed by atoms with Crippen LogP contribution in [-0.2, 0) is 4.74 Å². The molecule has 30 heavy (non-hydrogen) atoms. The number of anilines is 2. The van der Waals surface area contributed by atoms with Crippen LogP contribution < -0.4 is 20.4 Å². The van der Waals surface area contributed by atoms with Gasteiger partial charge >= 0.3 is 5.97 Å². The van der Waals surface area contributed by atoms with Crippen molar-refractivity contribution in [1.82, 2.24) is 0 Å². The molecule has 3 rings (SSSR count). The van der Waals surface area contributed by atoms with E-state index in [1.54, 1.807) is 18.2 Å². The Kier molecular flexibility index (Phi) is 7.35. The maximum Gasteiger partial charge on any atom is 0.337 e. The van der Waals surface area contributed by atoms with E-state index in [1.807, 2.05) is 20.0 Å². The number of aromatic carboxylic acids is 1. The molecule has 8 heteroatoms. The molecule has 2 aromatic carbocycles. The number of hydrogen-bond donors (Lipinski definition) is 2. The summed E-state index contributed by atoms with van der Waals surface area (Å²) in [4.78, 5) is 26.9. The Hall–Kier alpha value is -3.00. The zero-order valence-electron chi connectivity index (χ0n) is 17.4. The van der Waals surface area contributed by atoms with E-state index in [-0.39, 0.29) is 11.3 Å². The molecule has 1 heterocycles. The molecule has 1 saturated heterocycles. The van der Waals surface area contributed by atoms with Crippen LogP contribution in [-0.4, -0.2) is 57.7 Å². The average molecular weight is 410 g/mol. The van der Waals surface area contributed by atoms with E-state index < -0.39 is 11.9 Å². The van der Waals surface area contributed by atoms with Crippen LogP contribution in [0.5, 0.6) is 5.75 Å². The van der Waals surface area contributed by atoms with Gasteiger partial charge in [0.15, 0.2) is 0 Å². The second kappa shape index (κ2) is 10.2. The van der Waals surface area contributed by atoms with E-state index >= 15 is 0 Å². The number of amides is 1. The summed E-state index contributed by atoms with van der Waals surface area (Å²) in [6, 6.07) is 10.4. The molecule has 2 aromatic rings. The number of carbonyl (C=O) groups is 2. The Morgan fingerprint density at radius 2 is 1.93 bits per heavy atom. The molecule has 0 unspecified atom stereocenters. The number of carboxylic acid groups (broad SMARTS) is 1. The number of carboxylic acids is 1. The monoisotopic (exact) mass is 410 g/mol. The summed E-state index contributed by atoms with van der Waals surface area (Å²) in [6.07, 6.45) is 1.87. The molecule has 7 nitrogen and oxygen atoms in total. The summed E-state index contributed by atoms with van der Waals surface area (Å²) in [5.41, 5.74) is 2.47. The Morgan fingerprint density at radius 3 is 2.63 bits per heavy atom. The number of morpholine rings is 1. The first-order chi connectivity index (χ1) is 14.5. The average Bonchev–Trinajstić information content (AvgIpc) is 2.74. The number of hydrogen-bond acceptors (Lipinski definition) is 5. The van der Waals surface area contributed by atoms with Crippen LogP contribution >= 0.6 is 0 Å². The topological polar surface area (TPSA) is 88.1 Å². The van der Waals surface area contributed by atoms with E-state index in [0.717, 1.165) is 37.1 Å². The van der Waals surface area contributed by atoms with Crippen LogP contribution in [0.25, 0.3) is 0 Å². The number of benzene rings is 2. The van der Waals surface area contributed by atoms with Crippen LogP contribution in [0.15, 0.2) is 36.4 Å². The molecule has 0 bridgehead atoms. The Balaban J connectivity index is 1.91. The summed E-state index contributed by atoms with van der Waals surface area (Å²) in [6.45, 7) is 5.36. The fraction of sp³-hybridized carbons (Fsp3) is 0.364. The molecule has 0 aliphatic carbocycles. The minimum absolute atomic E-state index is 0.0479. The zero-order valence-corrected chi connectivity index (χ0v) is 17.4. The third-order valence-electron chi connectivity index (χ3n) is 4.99. The molecule has 1 aliphatic rings. The number of nitrogens with zero attached hydrogens (tertiary/aromatic N) is 1. The van der Waals surface area contributed by atoms with Crippen molar-refractivity contribution in [2.24, 2.45) is 0 Å². The molecule has 158 valence electrons. The second-order valence-electron chi connectivity index (χ2n) is 7.29. The molecule has 0 spiro atoms. The van der Waals surface area contributed by atoms with Crippen LogP contribution in [0, 0.1) is 0 Å². The van der Waals surface area contributed by atoms with Gasteiger partial charge in [-0.1, -0.05) is 24.9 Å². The second-order valence-corrected chi connectivity index (χ2v) is 7.29. The molecule has 0 aromatic heterocycles. The van der Waals surface area contributed by atoms with E-state index in [1.165, 1.54) is 6.07 Å². The van der Waals surface area contributed by atoms with Crippen LogP contribution in [0.4, 0.5) is 11.4 Å². The molecule has 0 atom stereocenters. The SMILES string of the molecule is Bc1ccc(C(=O)O)c(NC(=O)c2cc(N3CCOCC3)ccc2OCCCC)c1. The number of carbonyl (C=O) groups excluding carboxylic acids is 1. The van der Waals surface area contributed by atoms with Crippen LogP contribution in [0.1, 0.15) is 40.5 Å². The lowest BCUT2D eigenvalue weighted by molar-refractivity contribution is 0.0698. The minimum Gasteiger partial charge on any atom is -0.493 e. The van der Waals surface area contributed by atoms with Crippen molar-refractivity contribution in [2.45, 2.75) is 19.8 Å². The molecule has 0 saturated carbocycles. The molecule has 1 amide bonds. The van der Waals surface area contributed by atoms with Gasteiger partial charge in [-0.2, -0.15) is 0 Å². The van der Waals surface area contributed by atoms with E-state index in [4.69, 9.17) is 9.47 Å². The highest BCUT2D eigenvalue weighted by molar-refractivity contribution is 6.33. The predicted molar refractivity (Wildman–Crippen MR) is 119 cm³/mol. The van der Waals surface area contributed by atoms with E-state index in [2.05, 4.69) is 17.1 Å². The quantitative estimate of drug-likeness (QED) is 0.511. The van der Waals surface area contributed by atoms with Crippen molar-refractivity contribution < 1.29 is 24.2 Å². The van der Waals surface area contributed by atoms with Crippen molar-refractivity contribution in [2.75, 3.05) is 43.1 Å². The Morgan fingerprint density at radius 1 is 1.17 bits per heavy atom. The van der Waals surface area contributed by atoms with Crippen LogP contribution in [0.3, 0.4) is 0 Å². The molecule has 0 radical (unpaired) electrons. The highest BCUT2D eigenvalue weighted by Gasteiger charge is 2.20.